The van der Waals surface area contributed by atoms with E-state index in [0.29, 0.717) is 0 Å². The summed E-state index contributed by atoms with van der Waals surface area (Å²) >= 11 is 0. The van der Waals surface area contributed by atoms with E-state index in [1.54, 1.807) is 0 Å². The summed E-state index contributed by atoms with van der Waals surface area (Å²) in [6.45, 7) is 0. The lowest BCUT2D eigenvalue weighted by Gasteiger charge is -2.11. The Morgan fingerprint density at radius 1 is 1.37 bits per heavy atom. The smallest absolute Gasteiger partial charge is 0.239 e. The quantitative estimate of drug-likeness (QED) is 0.834. The predicted molar refractivity (Wildman–Crippen MR) is 62.5 cm³/mol. The molecule has 0 spiro atoms. The third-order valence-electron chi connectivity index (χ3n) is 3.20. The maximum atomic E-state index is 13.9. The van der Waals surface area contributed by atoms with Crippen molar-refractivity contribution in [3.8, 4) is 6.07 Å². The fraction of sp³-hybridized carbons (Fsp3) is 0.308. The number of benzene rings is 1. The molecule has 19 heavy (non-hydrogen) atoms. The number of aromatic nitrogens is 3. The molecule has 0 saturated heterocycles. The molecular formula is C13H10F2N4. The summed E-state index contributed by atoms with van der Waals surface area (Å²) in [5, 5.41) is 12.5. The zero-order valence-electron chi connectivity index (χ0n) is 9.87. The Kier molecular flexibility index (Phi) is 2.75. The Hall–Kier alpha value is -2.29. The van der Waals surface area contributed by atoms with Crippen LogP contribution in [0.5, 0.6) is 0 Å². The molecule has 0 N–H and O–H groups in total. The van der Waals surface area contributed by atoms with Gasteiger partial charge in [-0.1, -0.05) is 30.3 Å². The highest BCUT2D eigenvalue weighted by Gasteiger charge is 2.36. The van der Waals surface area contributed by atoms with Crippen molar-refractivity contribution in [1.29, 1.82) is 5.26 Å². The van der Waals surface area contributed by atoms with Gasteiger partial charge in [0, 0.05) is 6.42 Å². The molecule has 2 aromatic rings. The first-order valence-corrected chi connectivity index (χ1v) is 5.89. The van der Waals surface area contributed by atoms with E-state index in [-0.39, 0.29) is 24.1 Å². The maximum absolute atomic E-state index is 13.9. The van der Waals surface area contributed by atoms with Crippen LogP contribution in [0.4, 0.5) is 8.78 Å². The molecule has 3 rings (SSSR count). The average molecular weight is 260 g/mol. The average Bonchev–Trinajstić information content (AvgIpc) is 3.00. The van der Waals surface area contributed by atoms with Crippen LogP contribution in [0.15, 0.2) is 30.3 Å². The van der Waals surface area contributed by atoms with E-state index in [1.807, 2.05) is 30.3 Å². The molecule has 0 amide bonds. The molecule has 2 heterocycles. The van der Waals surface area contributed by atoms with Crippen LogP contribution in [-0.4, -0.2) is 14.8 Å². The minimum atomic E-state index is -1.92. The first-order chi connectivity index (χ1) is 9.20. The van der Waals surface area contributed by atoms with E-state index < -0.39 is 12.3 Å². The Balaban J connectivity index is 2.02. The molecule has 0 saturated carbocycles. The van der Waals surface area contributed by atoms with E-state index in [9.17, 15) is 8.78 Å². The van der Waals surface area contributed by atoms with E-state index >= 15 is 0 Å². The van der Waals surface area contributed by atoms with Crippen LogP contribution in [0, 0.1) is 11.3 Å². The summed E-state index contributed by atoms with van der Waals surface area (Å²) in [4.78, 5) is 3.80. The Morgan fingerprint density at radius 3 is 2.79 bits per heavy atom. The number of hydrogen-bond donors (Lipinski definition) is 0. The fourth-order valence-electron chi connectivity index (χ4n) is 2.31. The number of nitrogens with zero attached hydrogens (tertiary/aromatic N) is 4. The van der Waals surface area contributed by atoms with Crippen LogP contribution in [0.1, 0.15) is 42.0 Å². The van der Waals surface area contributed by atoms with Crippen molar-refractivity contribution in [3.05, 3.63) is 47.5 Å². The van der Waals surface area contributed by atoms with Gasteiger partial charge in [-0.15, -0.1) is 0 Å². The molecule has 4 nitrogen and oxygen atoms in total. The largest absolute Gasteiger partial charge is 0.246 e. The molecule has 0 fully saturated rings. The topological polar surface area (TPSA) is 54.5 Å². The van der Waals surface area contributed by atoms with E-state index in [1.165, 1.54) is 10.8 Å². The lowest BCUT2D eigenvalue weighted by molar-refractivity contribution is 0.324. The van der Waals surface area contributed by atoms with Crippen molar-refractivity contribution in [2.75, 3.05) is 0 Å². The number of halogens is 2. The summed E-state index contributed by atoms with van der Waals surface area (Å²) in [5.74, 6) is -0.164. The van der Waals surface area contributed by atoms with Gasteiger partial charge in [0.15, 0.2) is 17.8 Å². The monoisotopic (exact) mass is 260 g/mol. The van der Waals surface area contributed by atoms with E-state index in [4.69, 9.17) is 5.26 Å². The summed E-state index contributed by atoms with van der Waals surface area (Å²) in [6, 6.07) is 10.4. The highest BCUT2D eigenvalue weighted by Crippen LogP contribution is 2.39. The van der Waals surface area contributed by atoms with Crippen LogP contribution in [-0.2, 0) is 0 Å². The minimum Gasteiger partial charge on any atom is -0.239 e. The molecule has 0 bridgehead atoms. The zero-order valence-corrected chi connectivity index (χ0v) is 9.87. The number of hydrogen-bond acceptors (Lipinski definition) is 3. The minimum absolute atomic E-state index is 0.0988. The standard InChI is InChI=1S/C13H10F2N4/c14-9-6-11(8-4-2-1-3-5-8)19-13(9)17-12(18-19)10(15)7-16/h1-5,9-11H,6H2. The molecule has 3 unspecified atom stereocenters. The number of fused-ring (bicyclic) bond motifs is 1. The third-order valence-corrected chi connectivity index (χ3v) is 3.20. The normalized spacial score (nSPS) is 22.8. The van der Waals surface area contributed by atoms with Gasteiger partial charge in [0.05, 0.1) is 6.04 Å². The summed E-state index contributed by atoms with van der Waals surface area (Å²) < 4.78 is 28.5. The van der Waals surface area contributed by atoms with Gasteiger partial charge in [-0.05, 0) is 5.56 Å². The highest BCUT2D eigenvalue weighted by atomic mass is 19.1. The van der Waals surface area contributed by atoms with Crippen LogP contribution < -0.4 is 0 Å². The molecule has 1 aromatic carbocycles. The summed E-state index contributed by atoms with van der Waals surface area (Å²) in [6.07, 6.45) is -2.96. The SMILES string of the molecule is N#CC(F)c1nc2n(n1)C(c1ccccc1)CC2F. The van der Waals surface area contributed by atoms with Crippen LogP contribution >= 0.6 is 0 Å². The molecule has 96 valence electrons. The second-order valence-electron chi connectivity index (χ2n) is 4.39. The van der Waals surface area contributed by atoms with E-state index in [0.717, 1.165) is 5.56 Å². The molecule has 6 heteroatoms. The van der Waals surface area contributed by atoms with Gasteiger partial charge in [-0.3, -0.25) is 0 Å². The van der Waals surface area contributed by atoms with Gasteiger partial charge in [0.2, 0.25) is 6.17 Å². The second kappa shape index (κ2) is 4.43. The highest BCUT2D eigenvalue weighted by molar-refractivity contribution is 5.24. The molecule has 0 aliphatic carbocycles. The molecule has 1 aromatic heterocycles. The van der Waals surface area contributed by atoms with Gasteiger partial charge in [0.25, 0.3) is 0 Å². The fourth-order valence-corrected chi connectivity index (χ4v) is 2.31. The molecule has 3 atom stereocenters. The van der Waals surface area contributed by atoms with Gasteiger partial charge in [-0.2, -0.15) is 10.4 Å². The number of nitriles is 1. The van der Waals surface area contributed by atoms with Crippen molar-refractivity contribution in [3.63, 3.8) is 0 Å². The summed E-state index contributed by atoms with van der Waals surface area (Å²) in [5.41, 5.74) is 0.896. The van der Waals surface area contributed by atoms with Crippen molar-refractivity contribution in [1.82, 2.24) is 14.8 Å². The van der Waals surface area contributed by atoms with Crippen molar-refractivity contribution in [2.24, 2.45) is 0 Å². The van der Waals surface area contributed by atoms with Crippen LogP contribution in [0.3, 0.4) is 0 Å². The number of rotatable bonds is 2. The predicted octanol–water partition coefficient (Wildman–Crippen LogP) is 2.82. The molecule has 1 aliphatic heterocycles. The van der Waals surface area contributed by atoms with Crippen LogP contribution in [0.2, 0.25) is 0 Å². The molecule has 1 aliphatic rings. The first-order valence-electron chi connectivity index (χ1n) is 5.89. The number of alkyl halides is 2. The van der Waals surface area contributed by atoms with Gasteiger partial charge < -0.3 is 0 Å². The first kappa shape index (κ1) is 11.8. The maximum Gasteiger partial charge on any atom is 0.246 e. The van der Waals surface area contributed by atoms with Gasteiger partial charge in [0.1, 0.15) is 6.07 Å². The lowest BCUT2D eigenvalue weighted by atomic mass is 10.0. The Morgan fingerprint density at radius 2 is 2.11 bits per heavy atom. The molecular weight excluding hydrogens is 250 g/mol. The Bertz CT molecular complexity index is 632. The summed E-state index contributed by atoms with van der Waals surface area (Å²) in [7, 11) is 0. The third kappa shape index (κ3) is 1.87. The lowest BCUT2D eigenvalue weighted by Crippen LogP contribution is -2.08. The van der Waals surface area contributed by atoms with E-state index in [2.05, 4.69) is 10.1 Å². The van der Waals surface area contributed by atoms with Crippen molar-refractivity contribution < 1.29 is 8.78 Å². The van der Waals surface area contributed by atoms with Gasteiger partial charge >= 0.3 is 0 Å². The van der Waals surface area contributed by atoms with Gasteiger partial charge in [-0.25, -0.2) is 18.4 Å². The molecule has 0 radical (unpaired) electrons. The Labute approximate surface area is 108 Å². The zero-order chi connectivity index (χ0) is 13.4. The van der Waals surface area contributed by atoms with Crippen molar-refractivity contribution in [2.45, 2.75) is 24.8 Å². The second-order valence-corrected chi connectivity index (χ2v) is 4.39. The van der Waals surface area contributed by atoms with Crippen molar-refractivity contribution >= 4 is 0 Å². The van der Waals surface area contributed by atoms with Crippen LogP contribution in [0.25, 0.3) is 0 Å².